The average molecular weight is 217 g/mol. The van der Waals surface area contributed by atoms with Gasteiger partial charge >= 0.3 is 5.97 Å². The molecule has 1 unspecified atom stereocenters. The summed E-state index contributed by atoms with van der Waals surface area (Å²) in [5.41, 5.74) is -2.27. The Kier molecular flexibility index (Phi) is 4.27. The summed E-state index contributed by atoms with van der Waals surface area (Å²) in [6, 6.07) is 0. The molecule has 1 atom stereocenters. The number of methoxy groups -OCH3 is 1. The molecule has 0 aliphatic heterocycles. The fraction of sp³-hybridized carbons (Fsp3) is 0.800. The molecule has 0 saturated heterocycles. The van der Waals surface area contributed by atoms with Gasteiger partial charge in [0, 0.05) is 7.11 Å². The maximum absolute atomic E-state index is 11.7. The number of aliphatic carboxylic acids is 1. The van der Waals surface area contributed by atoms with Gasteiger partial charge in [-0.3, -0.25) is 4.79 Å². The highest BCUT2D eigenvalue weighted by atomic mass is 16.5. The third kappa shape index (κ3) is 3.20. The van der Waals surface area contributed by atoms with E-state index in [-0.39, 0.29) is 0 Å². The van der Waals surface area contributed by atoms with E-state index in [1.54, 1.807) is 20.8 Å². The van der Waals surface area contributed by atoms with Crippen molar-refractivity contribution in [3.8, 4) is 0 Å². The second-order valence-electron chi connectivity index (χ2n) is 4.16. The molecule has 0 aromatic heterocycles. The molecule has 5 nitrogen and oxygen atoms in total. The van der Waals surface area contributed by atoms with Crippen LogP contribution < -0.4 is 5.32 Å². The number of carboxylic acid groups (broad SMARTS) is 1. The summed E-state index contributed by atoms with van der Waals surface area (Å²) < 4.78 is 4.96. The molecule has 0 aromatic carbocycles. The van der Waals surface area contributed by atoms with Crippen LogP contribution in [0, 0.1) is 0 Å². The van der Waals surface area contributed by atoms with E-state index in [4.69, 9.17) is 9.84 Å². The highest BCUT2D eigenvalue weighted by Gasteiger charge is 2.37. The van der Waals surface area contributed by atoms with Crippen LogP contribution >= 0.6 is 0 Å². The summed E-state index contributed by atoms with van der Waals surface area (Å²) in [7, 11) is 1.41. The molecule has 0 rings (SSSR count). The van der Waals surface area contributed by atoms with Crippen molar-refractivity contribution in [2.75, 3.05) is 7.11 Å². The SMILES string of the molecule is CCC(C)(NC(=O)C(C)(C)OC)C(=O)O. The van der Waals surface area contributed by atoms with Crippen molar-refractivity contribution in [1.29, 1.82) is 0 Å². The molecule has 1 amide bonds. The van der Waals surface area contributed by atoms with E-state index >= 15 is 0 Å². The zero-order valence-corrected chi connectivity index (χ0v) is 9.88. The van der Waals surface area contributed by atoms with E-state index in [0.717, 1.165) is 0 Å². The third-order valence-electron chi connectivity index (χ3n) is 2.63. The van der Waals surface area contributed by atoms with E-state index in [2.05, 4.69) is 5.32 Å². The first kappa shape index (κ1) is 13.9. The first-order chi connectivity index (χ1) is 6.69. The molecule has 0 radical (unpaired) electrons. The summed E-state index contributed by atoms with van der Waals surface area (Å²) in [5, 5.41) is 11.4. The maximum Gasteiger partial charge on any atom is 0.329 e. The van der Waals surface area contributed by atoms with E-state index < -0.39 is 23.0 Å². The Morgan fingerprint density at radius 3 is 2.07 bits per heavy atom. The lowest BCUT2D eigenvalue weighted by molar-refractivity contribution is -0.152. The number of amides is 1. The smallest absolute Gasteiger partial charge is 0.329 e. The molecule has 0 spiro atoms. The summed E-state index contributed by atoms with van der Waals surface area (Å²) in [6.45, 7) is 6.34. The van der Waals surface area contributed by atoms with Crippen LogP contribution in [0.3, 0.4) is 0 Å². The van der Waals surface area contributed by atoms with Crippen molar-refractivity contribution < 1.29 is 19.4 Å². The quantitative estimate of drug-likeness (QED) is 0.713. The maximum atomic E-state index is 11.7. The lowest BCUT2D eigenvalue weighted by Gasteiger charge is -2.30. The molecule has 0 aliphatic rings. The number of carbonyl (C=O) groups excluding carboxylic acids is 1. The van der Waals surface area contributed by atoms with E-state index in [1.807, 2.05) is 0 Å². The Bertz CT molecular complexity index is 262. The second kappa shape index (κ2) is 4.61. The highest BCUT2D eigenvalue weighted by Crippen LogP contribution is 2.14. The summed E-state index contributed by atoms with van der Waals surface area (Å²) >= 11 is 0. The topological polar surface area (TPSA) is 75.6 Å². The zero-order valence-electron chi connectivity index (χ0n) is 9.88. The molecule has 2 N–H and O–H groups in total. The fourth-order valence-electron chi connectivity index (χ4n) is 0.787. The van der Waals surface area contributed by atoms with Gasteiger partial charge in [0.2, 0.25) is 0 Å². The van der Waals surface area contributed by atoms with Crippen molar-refractivity contribution in [3.05, 3.63) is 0 Å². The number of ether oxygens (including phenoxy) is 1. The van der Waals surface area contributed by atoms with Crippen molar-refractivity contribution >= 4 is 11.9 Å². The van der Waals surface area contributed by atoms with Gasteiger partial charge in [-0.2, -0.15) is 0 Å². The molecule has 0 aromatic rings. The standard InChI is InChI=1S/C10H19NO4/c1-6-10(4,8(13)14)11-7(12)9(2,3)15-5/h6H2,1-5H3,(H,11,12)(H,13,14). The first-order valence-electron chi connectivity index (χ1n) is 4.80. The summed E-state index contributed by atoms with van der Waals surface area (Å²) in [4.78, 5) is 22.6. The van der Waals surface area contributed by atoms with Crippen molar-refractivity contribution in [2.24, 2.45) is 0 Å². The van der Waals surface area contributed by atoms with Gasteiger partial charge in [-0.25, -0.2) is 4.79 Å². The molecule has 0 bridgehead atoms. The number of nitrogens with one attached hydrogen (secondary N) is 1. The van der Waals surface area contributed by atoms with Crippen LogP contribution in [0.1, 0.15) is 34.1 Å². The van der Waals surface area contributed by atoms with Crippen LogP contribution in [-0.2, 0) is 14.3 Å². The second-order valence-corrected chi connectivity index (χ2v) is 4.16. The van der Waals surface area contributed by atoms with Crippen LogP contribution in [0.5, 0.6) is 0 Å². The minimum atomic E-state index is -1.24. The van der Waals surface area contributed by atoms with Crippen LogP contribution in [0.2, 0.25) is 0 Å². The lowest BCUT2D eigenvalue weighted by Crippen LogP contribution is -2.57. The average Bonchev–Trinajstić information content (AvgIpc) is 2.17. The Labute approximate surface area is 89.8 Å². The third-order valence-corrected chi connectivity index (χ3v) is 2.63. The molecular formula is C10H19NO4. The normalized spacial score (nSPS) is 15.5. The Hall–Kier alpha value is -1.10. The van der Waals surface area contributed by atoms with Gasteiger partial charge in [0.15, 0.2) is 0 Å². The molecule has 15 heavy (non-hydrogen) atoms. The minimum absolute atomic E-state index is 0.313. The van der Waals surface area contributed by atoms with E-state index in [9.17, 15) is 9.59 Å². The lowest BCUT2D eigenvalue weighted by atomic mass is 9.97. The van der Waals surface area contributed by atoms with Gasteiger partial charge in [0.05, 0.1) is 0 Å². The van der Waals surface area contributed by atoms with Crippen molar-refractivity contribution in [2.45, 2.75) is 45.3 Å². The molecular weight excluding hydrogens is 198 g/mol. The molecule has 88 valence electrons. The number of hydrogen-bond donors (Lipinski definition) is 2. The van der Waals surface area contributed by atoms with Crippen LogP contribution in [-0.4, -0.2) is 35.2 Å². The Morgan fingerprint density at radius 1 is 1.33 bits per heavy atom. The predicted molar refractivity (Wildman–Crippen MR) is 55.6 cm³/mol. The van der Waals surface area contributed by atoms with Gasteiger partial charge in [0.1, 0.15) is 11.1 Å². The van der Waals surface area contributed by atoms with Crippen LogP contribution in [0.15, 0.2) is 0 Å². The molecule has 0 saturated carbocycles. The van der Waals surface area contributed by atoms with Gasteiger partial charge in [-0.05, 0) is 27.2 Å². The summed E-state index contributed by atoms with van der Waals surface area (Å²) in [5.74, 6) is -1.48. The van der Waals surface area contributed by atoms with E-state index in [0.29, 0.717) is 6.42 Å². The minimum Gasteiger partial charge on any atom is -0.480 e. The Balaban J connectivity index is 4.72. The number of rotatable bonds is 5. The van der Waals surface area contributed by atoms with Crippen LogP contribution in [0.4, 0.5) is 0 Å². The molecule has 5 heteroatoms. The number of carboxylic acids is 1. The van der Waals surface area contributed by atoms with E-state index in [1.165, 1.54) is 14.0 Å². The first-order valence-corrected chi connectivity index (χ1v) is 4.80. The molecule has 0 heterocycles. The number of hydrogen-bond acceptors (Lipinski definition) is 3. The van der Waals surface area contributed by atoms with Gasteiger partial charge < -0.3 is 15.2 Å². The zero-order chi connectivity index (χ0) is 12.3. The van der Waals surface area contributed by atoms with Crippen molar-refractivity contribution in [1.82, 2.24) is 5.32 Å². The van der Waals surface area contributed by atoms with Crippen molar-refractivity contribution in [3.63, 3.8) is 0 Å². The van der Waals surface area contributed by atoms with Gasteiger partial charge in [-0.1, -0.05) is 6.92 Å². The predicted octanol–water partition coefficient (Wildman–Crippen LogP) is 0.781. The summed E-state index contributed by atoms with van der Waals surface area (Å²) in [6.07, 6.45) is 0.313. The highest BCUT2D eigenvalue weighted by molar-refractivity contribution is 5.90. The van der Waals surface area contributed by atoms with Crippen LogP contribution in [0.25, 0.3) is 0 Å². The Morgan fingerprint density at radius 2 is 1.80 bits per heavy atom. The number of carbonyl (C=O) groups is 2. The largest absolute Gasteiger partial charge is 0.480 e. The molecule has 0 aliphatic carbocycles. The van der Waals surface area contributed by atoms with Gasteiger partial charge in [0.25, 0.3) is 5.91 Å². The monoisotopic (exact) mass is 217 g/mol. The fourth-order valence-corrected chi connectivity index (χ4v) is 0.787. The molecule has 0 fully saturated rings. The van der Waals surface area contributed by atoms with Gasteiger partial charge in [-0.15, -0.1) is 0 Å².